The topological polar surface area (TPSA) is 0 Å². The van der Waals surface area contributed by atoms with E-state index in [-0.39, 0.29) is 41.1 Å². The standard InChI is InChI=1S/C12H10F3.2CH3.Zr/c13-12(14,15)8-10-6-3-7-11(10)9-4-1-2-5-9;;;/h1,3-4,6H,2,7-8H2;2*1H3;/q3*-1;+3. The predicted molar refractivity (Wildman–Crippen MR) is 64.8 cm³/mol. The Kier molecular flexibility index (Phi) is 8.80. The SMILES string of the molecule is FC(F)(F)CC1=C(C2=[C-]CC=C2)CC=C1.[CH3-].[CH3-].[Zr+3]. The third-order valence-corrected chi connectivity index (χ3v) is 2.44. The summed E-state index contributed by atoms with van der Waals surface area (Å²) >= 11 is 0. The Morgan fingerprint density at radius 3 is 2.28 bits per heavy atom. The van der Waals surface area contributed by atoms with Gasteiger partial charge in [-0.2, -0.15) is 30.9 Å². The molecule has 97 valence electrons. The van der Waals surface area contributed by atoms with Gasteiger partial charge in [-0.1, -0.05) is 30.6 Å². The molecule has 0 spiro atoms. The van der Waals surface area contributed by atoms with Gasteiger partial charge in [-0.15, -0.1) is 11.6 Å². The molecule has 0 fully saturated rings. The summed E-state index contributed by atoms with van der Waals surface area (Å²) in [7, 11) is 0. The largest absolute Gasteiger partial charge is 3.00 e. The fraction of sp³-hybridized carbons (Fsp3) is 0.286. The summed E-state index contributed by atoms with van der Waals surface area (Å²) in [5, 5.41) is 0. The van der Waals surface area contributed by atoms with E-state index in [1.54, 1.807) is 12.2 Å². The van der Waals surface area contributed by atoms with E-state index in [1.807, 2.05) is 12.2 Å². The maximum atomic E-state index is 12.3. The van der Waals surface area contributed by atoms with Crippen LogP contribution in [0.4, 0.5) is 13.2 Å². The van der Waals surface area contributed by atoms with Gasteiger partial charge in [0, 0.05) is 0 Å². The molecule has 0 aromatic heterocycles. The van der Waals surface area contributed by atoms with Gasteiger partial charge in [0.2, 0.25) is 0 Å². The Labute approximate surface area is 126 Å². The Morgan fingerprint density at radius 1 is 1.11 bits per heavy atom. The number of hydrogen-bond donors (Lipinski definition) is 0. The van der Waals surface area contributed by atoms with Crippen molar-refractivity contribution in [1.82, 2.24) is 0 Å². The quantitative estimate of drug-likeness (QED) is 0.638. The molecule has 0 nitrogen and oxygen atoms in total. The summed E-state index contributed by atoms with van der Waals surface area (Å²) in [6.45, 7) is 0. The number of allylic oxidation sites excluding steroid dienone is 8. The van der Waals surface area contributed by atoms with E-state index in [1.165, 1.54) is 0 Å². The first-order valence-electron chi connectivity index (χ1n) is 4.79. The molecule has 4 heteroatoms. The van der Waals surface area contributed by atoms with Gasteiger partial charge in [0.1, 0.15) is 0 Å². The van der Waals surface area contributed by atoms with E-state index >= 15 is 0 Å². The van der Waals surface area contributed by atoms with E-state index in [9.17, 15) is 13.2 Å². The number of halogens is 3. The van der Waals surface area contributed by atoms with Crippen molar-refractivity contribution in [1.29, 1.82) is 0 Å². The molecule has 0 atom stereocenters. The average Bonchev–Trinajstić information content (AvgIpc) is 2.68. The summed E-state index contributed by atoms with van der Waals surface area (Å²) in [5.41, 5.74) is 2.00. The van der Waals surface area contributed by atoms with Crippen molar-refractivity contribution in [2.24, 2.45) is 0 Å². The first-order chi connectivity index (χ1) is 7.06. The molecule has 0 unspecified atom stereocenters. The van der Waals surface area contributed by atoms with Crippen molar-refractivity contribution in [2.45, 2.75) is 25.4 Å². The maximum absolute atomic E-state index is 12.3. The van der Waals surface area contributed by atoms with Crippen LogP contribution in [-0.2, 0) is 26.2 Å². The second kappa shape index (κ2) is 7.94. The monoisotopic (exact) mass is 331 g/mol. The number of alkyl halides is 3. The Hall–Kier alpha value is -0.367. The van der Waals surface area contributed by atoms with Gasteiger partial charge < -0.3 is 14.9 Å². The molecule has 0 amide bonds. The van der Waals surface area contributed by atoms with Crippen LogP contribution in [0.3, 0.4) is 0 Å². The molecule has 2 aliphatic rings. The van der Waals surface area contributed by atoms with Crippen molar-refractivity contribution in [3.8, 4) is 0 Å². The molecule has 0 heterocycles. The summed E-state index contributed by atoms with van der Waals surface area (Å²) < 4.78 is 36.8. The van der Waals surface area contributed by atoms with Crippen LogP contribution in [0.5, 0.6) is 0 Å². The molecule has 0 aliphatic heterocycles. The molecule has 18 heavy (non-hydrogen) atoms. The number of rotatable bonds is 2. The van der Waals surface area contributed by atoms with Crippen LogP contribution < -0.4 is 0 Å². The first kappa shape index (κ1) is 20.0. The molecular formula is C14H16F3Zr. The van der Waals surface area contributed by atoms with Crippen molar-refractivity contribution >= 4 is 0 Å². The van der Waals surface area contributed by atoms with Crippen molar-refractivity contribution in [3.05, 3.63) is 62.0 Å². The van der Waals surface area contributed by atoms with Crippen LogP contribution in [0.15, 0.2) is 41.0 Å². The van der Waals surface area contributed by atoms with Gasteiger partial charge in [0.25, 0.3) is 0 Å². The fourth-order valence-electron chi connectivity index (χ4n) is 1.83. The van der Waals surface area contributed by atoms with Crippen molar-refractivity contribution < 1.29 is 39.4 Å². The van der Waals surface area contributed by atoms with Crippen molar-refractivity contribution in [2.75, 3.05) is 0 Å². The van der Waals surface area contributed by atoms with Gasteiger partial charge in [-0.05, 0) is 0 Å². The van der Waals surface area contributed by atoms with E-state index < -0.39 is 12.6 Å². The Morgan fingerprint density at radius 2 is 1.78 bits per heavy atom. The summed E-state index contributed by atoms with van der Waals surface area (Å²) in [6, 6.07) is 0. The van der Waals surface area contributed by atoms with E-state index in [4.69, 9.17) is 0 Å². The van der Waals surface area contributed by atoms with Crippen LogP contribution in [0, 0.1) is 20.9 Å². The predicted octanol–water partition coefficient (Wildman–Crippen LogP) is 4.78. The van der Waals surface area contributed by atoms with Crippen LogP contribution in [0.25, 0.3) is 0 Å². The minimum Gasteiger partial charge on any atom is -0.358 e. The van der Waals surface area contributed by atoms with Gasteiger partial charge >= 0.3 is 32.4 Å². The van der Waals surface area contributed by atoms with E-state index in [0.717, 1.165) is 11.1 Å². The Bertz CT molecular complexity index is 384. The minimum absolute atomic E-state index is 0. The summed E-state index contributed by atoms with van der Waals surface area (Å²) in [5.74, 6) is 0. The summed E-state index contributed by atoms with van der Waals surface area (Å²) in [6.07, 6.45) is 6.50. The van der Waals surface area contributed by atoms with Crippen LogP contribution in [0.2, 0.25) is 0 Å². The molecule has 1 radical (unpaired) electrons. The van der Waals surface area contributed by atoms with Gasteiger partial charge in [0.15, 0.2) is 0 Å². The molecule has 2 aliphatic carbocycles. The third kappa shape index (κ3) is 5.09. The van der Waals surface area contributed by atoms with Gasteiger partial charge in [-0.25, -0.2) is 0 Å². The second-order valence-corrected chi connectivity index (χ2v) is 3.60. The molecule has 0 saturated heterocycles. The van der Waals surface area contributed by atoms with Crippen LogP contribution in [0.1, 0.15) is 19.3 Å². The molecule has 2 rings (SSSR count). The van der Waals surface area contributed by atoms with Crippen molar-refractivity contribution in [3.63, 3.8) is 0 Å². The van der Waals surface area contributed by atoms with Gasteiger partial charge in [0.05, 0.1) is 6.42 Å². The zero-order chi connectivity index (χ0) is 10.9. The fourth-order valence-corrected chi connectivity index (χ4v) is 1.83. The van der Waals surface area contributed by atoms with Crippen LogP contribution in [-0.4, -0.2) is 6.18 Å². The molecule has 0 aromatic rings. The average molecular weight is 332 g/mol. The first-order valence-corrected chi connectivity index (χ1v) is 4.79. The molecule has 0 N–H and O–H groups in total. The zero-order valence-corrected chi connectivity index (χ0v) is 13.0. The van der Waals surface area contributed by atoms with Crippen LogP contribution >= 0.6 is 0 Å². The minimum atomic E-state index is -4.13. The molecule has 0 aromatic carbocycles. The normalized spacial score (nSPS) is 16.9. The third-order valence-electron chi connectivity index (χ3n) is 2.44. The maximum Gasteiger partial charge on any atom is 3.00 e. The Balaban J connectivity index is 0. The molecular weight excluding hydrogens is 316 g/mol. The zero-order valence-electron chi connectivity index (χ0n) is 10.6. The van der Waals surface area contributed by atoms with Gasteiger partial charge in [-0.3, -0.25) is 0 Å². The second-order valence-electron chi connectivity index (χ2n) is 3.60. The number of hydrogen-bond acceptors (Lipinski definition) is 0. The van der Waals surface area contributed by atoms with E-state index in [2.05, 4.69) is 6.08 Å². The smallest absolute Gasteiger partial charge is 0.358 e. The van der Waals surface area contributed by atoms with E-state index in [0.29, 0.717) is 18.4 Å². The molecule has 0 saturated carbocycles. The summed E-state index contributed by atoms with van der Waals surface area (Å²) in [4.78, 5) is 0. The molecule has 0 bridgehead atoms.